The lowest BCUT2D eigenvalue weighted by molar-refractivity contribution is 0.592. The molecular formula is C13H18N2O2S. The minimum absolute atomic E-state index is 0.206. The molecule has 1 aromatic rings. The van der Waals surface area contributed by atoms with E-state index >= 15 is 0 Å². The third-order valence-electron chi connectivity index (χ3n) is 2.31. The van der Waals surface area contributed by atoms with Crippen molar-refractivity contribution in [3.05, 3.63) is 42.0 Å². The lowest BCUT2D eigenvalue weighted by Gasteiger charge is -2.11. The normalized spacial score (nSPS) is 13.0. The molecule has 0 aliphatic heterocycles. The van der Waals surface area contributed by atoms with Gasteiger partial charge in [0.05, 0.1) is 4.90 Å². The molecule has 0 aliphatic rings. The fourth-order valence-electron chi connectivity index (χ4n) is 1.30. The highest BCUT2D eigenvalue weighted by atomic mass is 32.2. The molecule has 5 heteroatoms. The Balaban J connectivity index is 3.21. The number of likely N-dealkylation sites (N-methyl/N-ethyl adjacent to an activating group) is 1. The van der Waals surface area contributed by atoms with Crippen LogP contribution >= 0.6 is 0 Å². The predicted octanol–water partition coefficient (Wildman–Crippen LogP) is 2.22. The lowest BCUT2D eigenvalue weighted by Crippen LogP contribution is -2.21. The number of sulfonamides is 1. The molecule has 0 amide bonds. The number of aryl methyl sites for hydroxylation is 1. The molecule has 0 spiro atoms. The first-order valence-corrected chi connectivity index (χ1v) is 7.02. The molecule has 0 aromatic heterocycles. The summed E-state index contributed by atoms with van der Waals surface area (Å²) in [6, 6.07) is 6.65. The smallest absolute Gasteiger partial charge is 0.284 e. The summed E-state index contributed by atoms with van der Waals surface area (Å²) in [5.74, 6) is 0.401. The van der Waals surface area contributed by atoms with E-state index in [9.17, 15) is 8.42 Å². The second kappa shape index (κ2) is 5.82. The van der Waals surface area contributed by atoms with Crippen molar-refractivity contribution in [1.82, 2.24) is 4.90 Å². The zero-order valence-electron chi connectivity index (χ0n) is 11.1. The van der Waals surface area contributed by atoms with Crippen molar-refractivity contribution in [2.45, 2.75) is 18.7 Å². The maximum absolute atomic E-state index is 12.1. The minimum Gasteiger partial charge on any atom is -0.362 e. The molecule has 0 saturated carbocycles. The number of hydrogen-bond acceptors (Lipinski definition) is 2. The SMILES string of the molecule is C/C=C/C(=N\S(=O)(=O)c1ccc(C)cc1)N(C)C. The van der Waals surface area contributed by atoms with E-state index in [1.807, 2.05) is 13.8 Å². The van der Waals surface area contributed by atoms with Crippen LogP contribution in [-0.4, -0.2) is 33.2 Å². The molecule has 1 rings (SSSR count). The number of hydrogen-bond donors (Lipinski definition) is 0. The van der Waals surface area contributed by atoms with Gasteiger partial charge < -0.3 is 4.90 Å². The Kier molecular flexibility index (Phi) is 4.67. The molecular weight excluding hydrogens is 248 g/mol. The Labute approximate surface area is 109 Å². The van der Waals surface area contributed by atoms with Crippen LogP contribution in [0.25, 0.3) is 0 Å². The lowest BCUT2D eigenvalue weighted by atomic mass is 10.2. The van der Waals surface area contributed by atoms with Crippen LogP contribution in [0, 0.1) is 6.92 Å². The number of amidine groups is 1. The van der Waals surface area contributed by atoms with Crippen molar-refractivity contribution < 1.29 is 8.42 Å². The Hall–Kier alpha value is -1.62. The molecule has 0 aliphatic carbocycles. The maximum atomic E-state index is 12.1. The van der Waals surface area contributed by atoms with Gasteiger partial charge in [-0.15, -0.1) is 4.40 Å². The molecule has 4 nitrogen and oxygen atoms in total. The van der Waals surface area contributed by atoms with Gasteiger partial charge in [0, 0.05) is 14.1 Å². The topological polar surface area (TPSA) is 49.7 Å². The van der Waals surface area contributed by atoms with Crippen LogP contribution in [0.3, 0.4) is 0 Å². The molecule has 0 fully saturated rings. The van der Waals surface area contributed by atoms with Crippen molar-refractivity contribution in [2.24, 2.45) is 4.40 Å². The van der Waals surface area contributed by atoms with E-state index in [1.54, 1.807) is 55.4 Å². The summed E-state index contributed by atoms with van der Waals surface area (Å²) in [5.41, 5.74) is 1.01. The van der Waals surface area contributed by atoms with Gasteiger partial charge in [-0.05, 0) is 32.1 Å². The van der Waals surface area contributed by atoms with Crippen molar-refractivity contribution in [3.63, 3.8) is 0 Å². The largest absolute Gasteiger partial charge is 0.362 e. The van der Waals surface area contributed by atoms with Crippen LogP contribution < -0.4 is 0 Å². The highest BCUT2D eigenvalue weighted by molar-refractivity contribution is 7.90. The van der Waals surface area contributed by atoms with Crippen LogP contribution in [0.15, 0.2) is 45.7 Å². The van der Waals surface area contributed by atoms with Crippen LogP contribution in [-0.2, 0) is 10.0 Å². The maximum Gasteiger partial charge on any atom is 0.284 e. The molecule has 0 N–H and O–H groups in total. The Bertz CT molecular complexity index is 555. The molecule has 0 unspecified atom stereocenters. The van der Waals surface area contributed by atoms with Gasteiger partial charge in [-0.1, -0.05) is 23.8 Å². The first-order chi connectivity index (χ1) is 8.36. The quantitative estimate of drug-likeness (QED) is 0.622. The summed E-state index contributed by atoms with van der Waals surface area (Å²) in [5, 5.41) is 0. The first-order valence-electron chi connectivity index (χ1n) is 5.58. The van der Waals surface area contributed by atoms with E-state index in [2.05, 4.69) is 4.40 Å². The van der Waals surface area contributed by atoms with Crippen molar-refractivity contribution in [3.8, 4) is 0 Å². The van der Waals surface area contributed by atoms with E-state index in [1.165, 1.54) is 0 Å². The average Bonchev–Trinajstić information content (AvgIpc) is 2.28. The molecule has 1 aromatic carbocycles. The Morgan fingerprint density at radius 3 is 2.22 bits per heavy atom. The molecule has 0 bridgehead atoms. The zero-order valence-corrected chi connectivity index (χ0v) is 11.9. The summed E-state index contributed by atoms with van der Waals surface area (Å²) in [4.78, 5) is 1.86. The fraction of sp³-hybridized carbons (Fsp3) is 0.308. The van der Waals surface area contributed by atoms with E-state index in [0.717, 1.165) is 5.56 Å². The van der Waals surface area contributed by atoms with Gasteiger partial charge in [-0.3, -0.25) is 0 Å². The van der Waals surface area contributed by atoms with Gasteiger partial charge in [0.15, 0.2) is 0 Å². The second-order valence-electron chi connectivity index (χ2n) is 4.13. The van der Waals surface area contributed by atoms with Crippen molar-refractivity contribution >= 4 is 15.9 Å². The standard InChI is InChI=1S/C13H18N2O2S/c1-5-6-13(15(3)4)14-18(16,17)12-9-7-11(2)8-10-12/h5-10H,1-4H3/b6-5+,14-13+. The van der Waals surface area contributed by atoms with Crippen LogP contribution in [0.1, 0.15) is 12.5 Å². The minimum atomic E-state index is -3.65. The number of benzene rings is 1. The zero-order chi connectivity index (χ0) is 13.8. The Morgan fingerprint density at radius 1 is 1.22 bits per heavy atom. The van der Waals surface area contributed by atoms with Gasteiger partial charge in [0.2, 0.25) is 0 Å². The van der Waals surface area contributed by atoms with E-state index in [-0.39, 0.29) is 4.90 Å². The third-order valence-corrected chi connectivity index (χ3v) is 3.60. The van der Waals surface area contributed by atoms with Crippen molar-refractivity contribution in [2.75, 3.05) is 14.1 Å². The van der Waals surface area contributed by atoms with Gasteiger partial charge >= 0.3 is 0 Å². The van der Waals surface area contributed by atoms with E-state index in [0.29, 0.717) is 5.84 Å². The van der Waals surface area contributed by atoms with Gasteiger partial charge in [0.25, 0.3) is 10.0 Å². The number of allylic oxidation sites excluding steroid dienone is 1. The van der Waals surface area contributed by atoms with Gasteiger partial charge in [-0.2, -0.15) is 8.42 Å². The molecule has 0 atom stereocenters. The highest BCUT2D eigenvalue weighted by Crippen LogP contribution is 2.13. The number of rotatable bonds is 3. The summed E-state index contributed by atoms with van der Waals surface area (Å²) < 4.78 is 28.0. The van der Waals surface area contributed by atoms with Crippen LogP contribution in [0.2, 0.25) is 0 Å². The summed E-state index contributed by atoms with van der Waals surface area (Å²) in [6.45, 7) is 3.72. The third kappa shape index (κ3) is 3.70. The molecule has 98 valence electrons. The first kappa shape index (κ1) is 14.4. The van der Waals surface area contributed by atoms with Crippen molar-refractivity contribution in [1.29, 1.82) is 0 Å². The van der Waals surface area contributed by atoms with E-state index in [4.69, 9.17) is 0 Å². The number of nitrogens with zero attached hydrogens (tertiary/aromatic N) is 2. The molecule has 0 saturated heterocycles. The highest BCUT2D eigenvalue weighted by Gasteiger charge is 2.13. The summed E-state index contributed by atoms with van der Waals surface area (Å²) in [6.07, 6.45) is 3.41. The van der Waals surface area contributed by atoms with Crippen LogP contribution in [0.4, 0.5) is 0 Å². The van der Waals surface area contributed by atoms with Gasteiger partial charge in [-0.25, -0.2) is 0 Å². The molecule has 0 radical (unpaired) electrons. The summed E-state index contributed by atoms with van der Waals surface area (Å²) in [7, 11) is -0.141. The van der Waals surface area contributed by atoms with E-state index < -0.39 is 10.0 Å². The molecule has 0 heterocycles. The second-order valence-corrected chi connectivity index (χ2v) is 5.74. The van der Waals surface area contributed by atoms with Crippen LogP contribution in [0.5, 0.6) is 0 Å². The monoisotopic (exact) mass is 266 g/mol. The molecule has 18 heavy (non-hydrogen) atoms. The summed E-state index contributed by atoms with van der Waals surface area (Å²) >= 11 is 0. The predicted molar refractivity (Wildman–Crippen MR) is 74.3 cm³/mol. The fourth-order valence-corrected chi connectivity index (χ4v) is 2.35. The Morgan fingerprint density at radius 2 is 1.78 bits per heavy atom. The van der Waals surface area contributed by atoms with Gasteiger partial charge in [0.1, 0.15) is 5.84 Å². The average molecular weight is 266 g/mol.